The molecule has 6 heteroatoms. The molecule has 0 radical (unpaired) electrons. The van der Waals surface area contributed by atoms with Crippen molar-refractivity contribution in [3.8, 4) is 11.5 Å². The number of carbonyl (C=O) groups is 1. The fourth-order valence-electron chi connectivity index (χ4n) is 3.42. The van der Waals surface area contributed by atoms with Crippen molar-refractivity contribution in [3.05, 3.63) is 89.0 Å². The van der Waals surface area contributed by atoms with Crippen LogP contribution in [0, 0.1) is 6.92 Å². The SMILES string of the molecule is COc1ccc([C@@H]2Nc3ccccc3C(=O)N2O)cc1COc1ccccc1C. The van der Waals surface area contributed by atoms with Crippen LogP contribution in [0.3, 0.4) is 0 Å². The van der Waals surface area contributed by atoms with Crippen molar-refractivity contribution >= 4 is 11.6 Å². The highest BCUT2D eigenvalue weighted by Gasteiger charge is 2.32. The molecule has 148 valence electrons. The minimum atomic E-state index is -0.708. The van der Waals surface area contributed by atoms with Gasteiger partial charge in [0, 0.05) is 11.3 Å². The first-order valence-electron chi connectivity index (χ1n) is 9.31. The summed E-state index contributed by atoms with van der Waals surface area (Å²) in [4.78, 5) is 12.5. The Hall–Kier alpha value is -3.51. The van der Waals surface area contributed by atoms with E-state index in [4.69, 9.17) is 9.47 Å². The van der Waals surface area contributed by atoms with E-state index in [1.165, 1.54) is 0 Å². The zero-order chi connectivity index (χ0) is 20.4. The van der Waals surface area contributed by atoms with Gasteiger partial charge in [0.1, 0.15) is 18.1 Å². The second kappa shape index (κ2) is 7.85. The summed E-state index contributed by atoms with van der Waals surface area (Å²) in [6.45, 7) is 2.28. The summed E-state index contributed by atoms with van der Waals surface area (Å²) >= 11 is 0. The number of benzene rings is 3. The Kier molecular flexibility index (Phi) is 5.10. The average Bonchev–Trinajstić information content (AvgIpc) is 2.75. The van der Waals surface area contributed by atoms with Crippen molar-refractivity contribution < 1.29 is 19.5 Å². The predicted octanol–water partition coefficient (Wildman–Crippen LogP) is 4.54. The van der Waals surface area contributed by atoms with E-state index in [1.54, 1.807) is 19.2 Å². The van der Waals surface area contributed by atoms with Crippen LogP contribution in [0.4, 0.5) is 5.69 Å². The minimum Gasteiger partial charge on any atom is -0.496 e. The number of rotatable bonds is 5. The van der Waals surface area contributed by atoms with Crippen LogP contribution in [0.25, 0.3) is 0 Å². The lowest BCUT2D eigenvalue weighted by molar-refractivity contribution is -0.0851. The summed E-state index contributed by atoms with van der Waals surface area (Å²) in [6.07, 6.45) is -0.708. The van der Waals surface area contributed by atoms with Crippen LogP contribution in [0.15, 0.2) is 66.7 Å². The number of hydroxylamine groups is 2. The van der Waals surface area contributed by atoms with E-state index in [9.17, 15) is 10.0 Å². The zero-order valence-corrected chi connectivity index (χ0v) is 16.3. The summed E-state index contributed by atoms with van der Waals surface area (Å²) in [5.74, 6) is 1.02. The molecule has 1 amide bonds. The lowest BCUT2D eigenvalue weighted by Gasteiger charge is -2.33. The van der Waals surface area contributed by atoms with Crippen LogP contribution in [-0.4, -0.2) is 23.3 Å². The van der Waals surface area contributed by atoms with E-state index < -0.39 is 12.1 Å². The van der Waals surface area contributed by atoms with E-state index >= 15 is 0 Å². The Balaban J connectivity index is 1.63. The summed E-state index contributed by atoms with van der Waals surface area (Å²) in [6, 6.07) is 20.4. The number of nitrogens with one attached hydrogen (secondary N) is 1. The molecule has 29 heavy (non-hydrogen) atoms. The predicted molar refractivity (Wildman–Crippen MR) is 109 cm³/mol. The molecular weight excluding hydrogens is 368 g/mol. The third-order valence-electron chi connectivity index (χ3n) is 5.00. The maximum absolute atomic E-state index is 12.5. The Morgan fingerprint density at radius 2 is 1.79 bits per heavy atom. The first-order chi connectivity index (χ1) is 14.1. The van der Waals surface area contributed by atoms with Crippen molar-refractivity contribution in [2.24, 2.45) is 0 Å². The smallest absolute Gasteiger partial charge is 0.281 e. The van der Waals surface area contributed by atoms with Gasteiger partial charge in [0.2, 0.25) is 0 Å². The number of ether oxygens (including phenoxy) is 2. The van der Waals surface area contributed by atoms with Gasteiger partial charge >= 0.3 is 0 Å². The van der Waals surface area contributed by atoms with Crippen LogP contribution < -0.4 is 14.8 Å². The number of hydrogen-bond acceptors (Lipinski definition) is 5. The normalized spacial score (nSPS) is 15.5. The van der Waals surface area contributed by atoms with Gasteiger partial charge in [-0.15, -0.1) is 0 Å². The molecule has 1 aliphatic heterocycles. The van der Waals surface area contributed by atoms with Gasteiger partial charge in [0.25, 0.3) is 5.91 Å². The Bertz CT molecular complexity index is 1050. The molecule has 2 N–H and O–H groups in total. The number of carbonyl (C=O) groups excluding carboxylic acids is 1. The van der Waals surface area contributed by atoms with E-state index in [0.717, 1.165) is 27.5 Å². The lowest BCUT2D eigenvalue weighted by Crippen LogP contribution is -2.40. The summed E-state index contributed by atoms with van der Waals surface area (Å²) in [5, 5.41) is 14.4. The molecule has 0 bridgehead atoms. The molecule has 0 saturated heterocycles. The lowest BCUT2D eigenvalue weighted by atomic mass is 10.0. The maximum Gasteiger partial charge on any atom is 0.281 e. The fourth-order valence-corrected chi connectivity index (χ4v) is 3.42. The monoisotopic (exact) mass is 390 g/mol. The van der Waals surface area contributed by atoms with Crippen LogP contribution in [0.1, 0.15) is 33.2 Å². The molecule has 0 spiro atoms. The largest absolute Gasteiger partial charge is 0.496 e. The highest BCUT2D eigenvalue weighted by Crippen LogP contribution is 2.34. The maximum atomic E-state index is 12.5. The van der Waals surface area contributed by atoms with Crippen molar-refractivity contribution in [1.29, 1.82) is 0 Å². The molecule has 3 aromatic rings. The Morgan fingerprint density at radius 3 is 2.59 bits per heavy atom. The van der Waals surface area contributed by atoms with E-state index in [0.29, 0.717) is 23.6 Å². The number of nitrogens with zero attached hydrogens (tertiary/aromatic N) is 1. The number of aryl methyl sites for hydroxylation is 1. The molecule has 0 fully saturated rings. The summed E-state index contributed by atoms with van der Waals surface area (Å²) in [5.41, 5.74) is 3.69. The molecule has 0 unspecified atom stereocenters. The molecule has 0 saturated carbocycles. The molecule has 3 aromatic carbocycles. The van der Waals surface area contributed by atoms with Crippen LogP contribution in [0.2, 0.25) is 0 Å². The Labute approximate surface area is 169 Å². The standard InChI is InChI=1S/C23H22N2O4/c1-15-7-3-6-10-20(15)29-14-17-13-16(11-12-21(17)28-2)22-24-19-9-5-4-8-18(19)23(26)25(22)27/h3-13,22,24,27H,14H2,1-2H3/t22-/m1/s1. The molecule has 1 heterocycles. The number of methoxy groups -OCH3 is 1. The van der Waals surface area contributed by atoms with Crippen LogP contribution in [0.5, 0.6) is 11.5 Å². The molecule has 4 rings (SSSR count). The third-order valence-corrected chi connectivity index (χ3v) is 5.00. The van der Waals surface area contributed by atoms with Gasteiger partial charge in [-0.1, -0.05) is 36.4 Å². The minimum absolute atomic E-state index is 0.296. The van der Waals surface area contributed by atoms with Crippen molar-refractivity contribution in [2.75, 3.05) is 12.4 Å². The van der Waals surface area contributed by atoms with Crippen LogP contribution >= 0.6 is 0 Å². The third kappa shape index (κ3) is 3.62. The van der Waals surface area contributed by atoms with Gasteiger partial charge in [0.15, 0.2) is 6.17 Å². The number of para-hydroxylation sites is 2. The van der Waals surface area contributed by atoms with Crippen molar-refractivity contribution in [1.82, 2.24) is 5.06 Å². The topological polar surface area (TPSA) is 71.0 Å². The highest BCUT2D eigenvalue weighted by molar-refractivity contribution is 6.01. The molecule has 0 aliphatic carbocycles. The van der Waals surface area contributed by atoms with E-state index in [1.807, 2.05) is 61.5 Å². The first-order valence-corrected chi connectivity index (χ1v) is 9.31. The molecule has 6 nitrogen and oxygen atoms in total. The van der Waals surface area contributed by atoms with Gasteiger partial charge in [-0.2, -0.15) is 5.06 Å². The van der Waals surface area contributed by atoms with Gasteiger partial charge < -0.3 is 14.8 Å². The number of amides is 1. The molecular formula is C23H22N2O4. The first kappa shape index (κ1) is 18.8. The second-order valence-corrected chi connectivity index (χ2v) is 6.87. The van der Waals surface area contributed by atoms with Gasteiger partial charge in [-0.05, 0) is 48.4 Å². The van der Waals surface area contributed by atoms with Crippen molar-refractivity contribution in [2.45, 2.75) is 19.7 Å². The summed E-state index contributed by atoms with van der Waals surface area (Å²) < 4.78 is 11.4. The summed E-state index contributed by atoms with van der Waals surface area (Å²) in [7, 11) is 1.60. The van der Waals surface area contributed by atoms with Gasteiger partial charge in [-0.3, -0.25) is 10.0 Å². The molecule has 1 atom stereocenters. The number of hydrogen-bond donors (Lipinski definition) is 2. The average molecular weight is 390 g/mol. The van der Waals surface area contributed by atoms with Crippen LogP contribution in [-0.2, 0) is 6.61 Å². The molecule has 1 aliphatic rings. The van der Waals surface area contributed by atoms with Gasteiger partial charge in [-0.25, -0.2) is 0 Å². The zero-order valence-electron chi connectivity index (χ0n) is 16.3. The van der Waals surface area contributed by atoms with E-state index in [-0.39, 0.29) is 0 Å². The number of fused-ring (bicyclic) bond motifs is 1. The molecule has 0 aromatic heterocycles. The fraction of sp³-hybridized carbons (Fsp3) is 0.174. The number of anilines is 1. The van der Waals surface area contributed by atoms with Gasteiger partial charge in [0.05, 0.1) is 12.7 Å². The second-order valence-electron chi connectivity index (χ2n) is 6.87. The highest BCUT2D eigenvalue weighted by atomic mass is 16.5. The van der Waals surface area contributed by atoms with E-state index in [2.05, 4.69) is 5.32 Å². The quantitative estimate of drug-likeness (QED) is 0.626. The van der Waals surface area contributed by atoms with Crippen molar-refractivity contribution in [3.63, 3.8) is 0 Å². The Morgan fingerprint density at radius 1 is 1.03 bits per heavy atom.